The number of aliphatic hydroxyl groups excluding tert-OH is 1. The van der Waals surface area contributed by atoms with Crippen molar-refractivity contribution in [2.45, 2.75) is 141 Å². The van der Waals surface area contributed by atoms with Crippen molar-refractivity contribution in [2.24, 2.45) is 28.8 Å². The maximum Gasteiger partial charge on any atom is 0.509 e. The van der Waals surface area contributed by atoms with Crippen LogP contribution < -0.4 is 5.32 Å². The van der Waals surface area contributed by atoms with Gasteiger partial charge in [-0.25, -0.2) is 4.79 Å². The Kier molecular flexibility index (Phi) is 17.1. The first-order chi connectivity index (χ1) is 27.9. The molecule has 1 aromatic rings. The summed E-state index contributed by atoms with van der Waals surface area (Å²) in [6.45, 7) is 15.1. The maximum atomic E-state index is 14.4. The summed E-state index contributed by atoms with van der Waals surface area (Å²) in [5, 5.41) is 19.3. The van der Waals surface area contributed by atoms with E-state index in [2.05, 4.69) is 27.3 Å². The minimum atomic E-state index is -1.41. The summed E-state index contributed by atoms with van der Waals surface area (Å²) in [7, 11) is 6.76. The lowest BCUT2D eigenvalue weighted by Gasteiger charge is -2.48. The fourth-order valence-corrected chi connectivity index (χ4v) is 8.82. The number of cyclic esters (lactones) is 1. The predicted octanol–water partition coefficient (Wildman–Crippen LogP) is 4.11. The van der Waals surface area contributed by atoms with Crippen molar-refractivity contribution in [1.29, 1.82) is 0 Å². The molecule has 1 aromatic heterocycles. The van der Waals surface area contributed by atoms with E-state index in [9.17, 15) is 19.5 Å². The van der Waals surface area contributed by atoms with Crippen LogP contribution in [0.3, 0.4) is 0 Å². The van der Waals surface area contributed by atoms with Crippen LogP contribution in [0.15, 0.2) is 29.7 Å². The van der Waals surface area contributed by atoms with Crippen LogP contribution >= 0.6 is 0 Å². The van der Waals surface area contributed by atoms with Crippen molar-refractivity contribution in [2.75, 3.05) is 41.4 Å². The Bertz CT molecular complexity index is 1650. The molecule has 3 fully saturated rings. The van der Waals surface area contributed by atoms with Gasteiger partial charge in [0.05, 0.1) is 42.4 Å². The monoisotopic (exact) mass is 830 g/mol. The fourth-order valence-electron chi connectivity index (χ4n) is 8.82. The molecule has 330 valence electrons. The average Bonchev–Trinajstić information content (AvgIpc) is 3.52. The normalized spacial score (nSPS) is 37.6. The molecule has 0 saturated carbocycles. The van der Waals surface area contributed by atoms with Gasteiger partial charge in [-0.1, -0.05) is 44.7 Å². The Morgan fingerprint density at radius 1 is 1.12 bits per heavy atom. The molecule has 4 rings (SSSR count). The van der Waals surface area contributed by atoms with E-state index in [0.717, 1.165) is 5.56 Å². The highest BCUT2D eigenvalue weighted by molar-refractivity contribution is 5.89. The Morgan fingerprint density at radius 3 is 2.47 bits per heavy atom. The summed E-state index contributed by atoms with van der Waals surface area (Å²) < 4.78 is 43.6. The van der Waals surface area contributed by atoms with Gasteiger partial charge in [-0.05, 0) is 73.2 Å². The molecule has 0 spiro atoms. The molecule has 0 radical (unpaired) electrons. The Hall–Kier alpha value is -3.85. The number of carbonyl (C=O) groups excluding carboxylic acids is 3. The third-order valence-corrected chi connectivity index (χ3v) is 12.1. The number of aliphatic hydroxyl groups is 1. The number of nitrogens with one attached hydrogen (secondary N) is 1. The second kappa shape index (κ2) is 21.1. The Balaban J connectivity index is 1.77. The van der Waals surface area contributed by atoms with E-state index in [1.807, 2.05) is 66.6 Å². The van der Waals surface area contributed by atoms with E-state index in [0.29, 0.717) is 18.7 Å². The van der Waals surface area contributed by atoms with Gasteiger partial charge >= 0.3 is 18.1 Å². The van der Waals surface area contributed by atoms with E-state index in [1.54, 1.807) is 39.4 Å². The number of hydrogen-bond donors (Lipinski definition) is 2. The lowest BCUT2D eigenvalue weighted by atomic mass is 9.73. The molecule has 3 saturated heterocycles. The van der Waals surface area contributed by atoms with Gasteiger partial charge in [-0.3, -0.25) is 14.6 Å². The average molecular weight is 831 g/mol. The molecule has 0 amide bonds. The zero-order chi connectivity index (χ0) is 43.7. The highest BCUT2D eigenvalue weighted by atomic mass is 16.8. The number of oxime groups is 1. The summed E-state index contributed by atoms with van der Waals surface area (Å²) >= 11 is 0. The van der Waals surface area contributed by atoms with E-state index in [-0.39, 0.29) is 38.0 Å². The summed E-state index contributed by atoms with van der Waals surface area (Å²) in [4.78, 5) is 52.4. The standard InChI is InChI=1S/C43H66N4O12/c1-13-32-43(8)38(58-41(51)59-43)27(4)34(46-53-12)25(2)23-42(7,52-11)37(57-40-35(49)31(47(9)10)22-26(3)54-40)28(5)36(29(6)39(50)55-32)56-33(48)18-21-44-19-14-16-30-17-15-20-45-24-30/h15,17,20,24-29,31-32,35-38,40,44,49H,13,18-19,21-23H2,1-12H3/b46-34+/t25-,26-,27+,28+,29-,31+,32-,35-,36+,37-,38-,40+,42-,43-/m1/s1. The third kappa shape index (κ3) is 11.5. The zero-order valence-electron chi connectivity index (χ0n) is 36.8. The molecule has 0 bridgehead atoms. The Morgan fingerprint density at radius 2 is 1.85 bits per heavy atom. The van der Waals surface area contributed by atoms with Crippen LogP contribution in [0.5, 0.6) is 0 Å². The van der Waals surface area contributed by atoms with Crippen molar-refractivity contribution in [3.05, 3.63) is 30.1 Å². The third-order valence-electron chi connectivity index (χ3n) is 12.1. The van der Waals surface area contributed by atoms with Gasteiger partial charge in [0.25, 0.3) is 0 Å². The highest BCUT2D eigenvalue weighted by Crippen LogP contribution is 2.43. The first-order valence-electron chi connectivity index (χ1n) is 20.6. The molecule has 2 N–H and O–H groups in total. The molecule has 3 aliphatic heterocycles. The number of esters is 2. The molecular weight excluding hydrogens is 764 g/mol. The summed E-state index contributed by atoms with van der Waals surface area (Å²) in [6.07, 6.45) is -2.88. The van der Waals surface area contributed by atoms with Crippen molar-refractivity contribution in [1.82, 2.24) is 15.2 Å². The van der Waals surface area contributed by atoms with Gasteiger partial charge in [0.15, 0.2) is 18.0 Å². The highest BCUT2D eigenvalue weighted by Gasteiger charge is 2.59. The molecule has 3 aliphatic rings. The lowest BCUT2D eigenvalue weighted by Crippen LogP contribution is -2.60. The molecule has 4 heterocycles. The van der Waals surface area contributed by atoms with E-state index in [1.165, 1.54) is 7.11 Å². The largest absolute Gasteiger partial charge is 0.509 e. The smallest absolute Gasteiger partial charge is 0.461 e. The minimum absolute atomic E-state index is 0.0322. The van der Waals surface area contributed by atoms with Crippen molar-refractivity contribution in [3.8, 4) is 11.8 Å². The number of pyridine rings is 1. The molecule has 0 unspecified atom stereocenters. The Labute approximate surface area is 349 Å². The second-order valence-corrected chi connectivity index (χ2v) is 16.7. The van der Waals surface area contributed by atoms with Crippen LogP contribution in [0.2, 0.25) is 0 Å². The van der Waals surface area contributed by atoms with Crippen LogP contribution in [-0.2, 0) is 47.6 Å². The van der Waals surface area contributed by atoms with Gasteiger partial charge < -0.3 is 53.3 Å². The van der Waals surface area contributed by atoms with Crippen molar-refractivity contribution in [3.63, 3.8) is 0 Å². The van der Waals surface area contributed by atoms with Crippen LogP contribution in [0.25, 0.3) is 0 Å². The molecule has 0 aliphatic carbocycles. The number of carbonyl (C=O) groups is 3. The fraction of sp³-hybridized carbons (Fsp3) is 0.744. The summed E-state index contributed by atoms with van der Waals surface area (Å²) in [5.41, 5.74) is -1.30. The molecule has 14 atom stereocenters. The predicted molar refractivity (Wildman–Crippen MR) is 217 cm³/mol. The topological polar surface area (TPSA) is 186 Å². The first kappa shape index (κ1) is 47.8. The molecule has 0 aromatic carbocycles. The van der Waals surface area contributed by atoms with E-state index < -0.39 is 89.8 Å². The van der Waals surface area contributed by atoms with Crippen molar-refractivity contribution >= 4 is 23.8 Å². The number of methoxy groups -OCH3 is 1. The van der Waals surface area contributed by atoms with Gasteiger partial charge in [-0.2, -0.15) is 0 Å². The van der Waals surface area contributed by atoms with Crippen LogP contribution in [-0.4, -0.2) is 140 Å². The molecule has 16 heteroatoms. The van der Waals surface area contributed by atoms with Gasteiger partial charge in [0.1, 0.15) is 25.4 Å². The molecule has 16 nitrogen and oxygen atoms in total. The SMILES string of the molecule is CC[C@H]1OC(=O)[C@H](C)[C@@H](OC(=O)CCNCC#Cc2cccnc2)[C@H](C)[C@@H](O[C@@H]2O[C@H](C)C[C@H](N(C)C)[C@H]2O)[C@](C)(OC)C[C@@H](C)/C(=N\OC)[C@H](C)[C@H]2OC(=O)O[C@@]21C. The van der Waals surface area contributed by atoms with Gasteiger partial charge in [0, 0.05) is 55.4 Å². The zero-order valence-corrected chi connectivity index (χ0v) is 36.8. The molecular formula is C43H66N4O12. The number of hydrogen-bond acceptors (Lipinski definition) is 16. The number of nitrogens with zero attached hydrogens (tertiary/aromatic N) is 3. The van der Waals surface area contributed by atoms with E-state index >= 15 is 0 Å². The van der Waals surface area contributed by atoms with Crippen LogP contribution in [0.1, 0.15) is 86.6 Å². The number of fused-ring (bicyclic) bond motifs is 1. The number of aromatic nitrogens is 1. The maximum absolute atomic E-state index is 14.4. The second-order valence-electron chi connectivity index (χ2n) is 16.7. The first-order valence-corrected chi connectivity index (χ1v) is 20.6. The number of likely N-dealkylation sites (N-methyl/N-ethyl adjacent to an activating group) is 1. The van der Waals surface area contributed by atoms with Gasteiger partial charge in [0.2, 0.25) is 0 Å². The number of rotatable bonds is 11. The number of ether oxygens (including phenoxy) is 7. The minimum Gasteiger partial charge on any atom is -0.461 e. The molecule has 59 heavy (non-hydrogen) atoms. The summed E-state index contributed by atoms with van der Waals surface area (Å²) in [6, 6.07) is 3.37. The van der Waals surface area contributed by atoms with E-state index in [4.69, 9.17) is 38.0 Å². The van der Waals surface area contributed by atoms with Crippen molar-refractivity contribution < 1.29 is 57.5 Å². The summed E-state index contributed by atoms with van der Waals surface area (Å²) in [5.74, 6) is 2.00. The lowest BCUT2D eigenvalue weighted by molar-refractivity contribution is -0.301. The van der Waals surface area contributed by atoms with Gasteiger partial charge in [-0.15, -0.1) is 0 Å². The quantitative estimate of drug-likeness (QED) is 0.107. The van der Waals surface area contributed by atoms with Crippen LogP contribution in [0.4, 0.5) is 4.79 Å². The van der Waals surface area contributed by atoms with Crippen LogP contribution in [0, 0.1) is 35.5 Å².